The first kappa shape index (κ1) is 18.3. The number of pyridine rings is 1. The highest BCUT2D eigenvalue weighted by atomic mass is 79.9. The molecule has 0 amide bonds. The van der Waals surface area contributed by atoms with E-state index in [-0.39, 0.29) is 6.07 Å². The molecule has 120 valence electrons. The highest BCUT2D eigenvalue weighted by Crippen LogP contribution is 2.39. The zero-order chi connectivity index (χ0) is 16.6. The predicted octanol–water partition coefficient (Wildman–Crippen LogP) is 3.82. The number of nitrogens with zero attached hydrogens (tertiary/aromatic N) is 1. The molecule has 0 aliphatic carbocycles. The van der Waals surface area contributed by atoms with Crippen LogP contribution in [-0.4, -0.2) is 19.8 Å². The molecule has 0 saturated heterocycles. The summed E-state index contributed by atoms with van der Waals surface area (Å²) in [7, 11) is -0.0768. The number of halogens is 8. The summed E-state index contributed by atoms with van der Waals surface area (Å²) in [5.41, 5.74) is -2.63. The highest BCUT2D eigenvalue weighted by molar-refractivity contribution is 9.08. The minimum atomic E-state index is -5.34. The van der Waals surface area contributed by atoms with Crippen molar-refractivity contribution < 1.29 is 39.5 Å². The van der Waals surface area contributed by atoms with Gasteiger partial charge in [-0.15, -0.1) is 13.2 Å². The maximum absolute atomic E-state index is 12.6. The molecule has 0 N–H and O–H groups in total. The summed E-state index contributed by atoms with van der Waals surface area (Å²) in [6.45, 7) is 0. The van der Waals surface area contributed by atoms with Gasteiger partial charge in [0.1, 0.15) is 10.6 Å². The van der Waals surface area contributed by atoms with E-state index in [2.05, 4.69) is 25.7 Å². The standard InChI is InChI=1S/C8H3BrClF6NO3S/c9-2-3-6(20-8(14,15)16)4(21(10,18)19)1-5(17-3)7(11,12)13/h1H,2H2. The normalized spacial score (nSPS) is 13.3. The Labute approximate surface area is 126 Å². The van der Waals surface area contributed by atoms with Crippen LogP contribution in [0.15, 0.2) is 11.0 Å². The molecule has 4 nitrogen and oxygen atoms in total. The van der Waals surface area contributed by atoms with Crippen LogP contribution in [0.1, 0.15) is 11.4 Å². The van der Waals surface area contributed by atoms with Gasteiger partial charge in [0.05, 0.1) is 5.69 Å². The van der Waals surface area contributed by atoms with Gasteiger partial charge in [-0.25, -0.2) is 13.4 Å². The summed E-state index contributed by atoms with van der Waals surface area (Å²) in [5.74, 6) is -1.41. The van der Waals surface area contributed by atoms with Gasteiger partial charge in [0.2, 0.25) is 0 Å². The van der Waals surface area contributed by atoms with Gasteiger partial charge in [0.15, 0.2) is 5.75 Å². The van der Waals surface area contributed by atoms with Gasteiger partial charge < -0.3 is 4.74 Å². The maximum atomic E-state index is 12.6. The number of hydrogen-bond donors (Lipinski definition) is 0. The summed E-state index contributed by atoms with van der Waals surface area (Å²) < 4.78 is 100. The van der Waals surface area contributed by atoms with Gasteiger partial charge in [-0.3, -0.25) is 0 Å². The lowest BCUT2D eigenvalue weighted by molar-refractivity contribution is -0.276. The molecule has 21 heavy (non-hydrogen) atoms. The maximum Gasteiger partial charge on any atom is 0.573 e. The van der Waals surface area contributed by atoms with E-state index in [1.807, 2.05) is 0 Å². The first-order valence-electron chi connectivity index (χ1n) is 4.63. The number of rotatable bonds is 3. The fourth-order valence-corrected chi connectivity index (χ4v) is 2.56. The van der Waals surface area contributed by atoms with E-state index in [4.69, 9.17) is 10.7 Å². The van der Waals surface area contributed by atoms with E-state index in [1.54, 1.807) is 0 Å². The largest absolute Gasteiger partial charge is 0.573 e. The Balaban J connectivity index is 3.69. The Kier molecular flexibility index (Phi) is 5.05. The van der Waals surface area contributed by atoms with Crippen LogP contribution >= 0.6 is 26.6 Å². The molecule has 1 rings (SSSR count). The lowest BCUT2D eigenvalue weighted by Crippen LogP contribution is -2.21. The van der Waals surface area contributed by atoms with E-state index >= 15 is 0 Å². The third-order valence-electron chi connectivity index (χ3n) is 1.91. The van der Waals surface area contributed by atoms with Crippen molar-refractivity contribution in [2.45, 2.75) is 22.8 Å². The Hall–Kier alpha value is -0.750. The molecule has 0 unspecified atom stereocenters. The molecular formula is C8H3BrClF6NO3S. The van der Waals surface area contributed by atoms with Crippen LogP contribution in [0.25, 0.3) is 0 Å². The van der Waals surface area contributed by atoms with E-state index < -0.39 is 49.0 Å². The van der Waals surface area contributed by atoms with Crippen molar-refractivity contribution in [1.29, 1.82) is 0 Å². The van der Waals surface area contributed by atoms with Gasteiger partial charge >= 0.3 is 12.5 Å². The summed E-state index contributed by atoms with van der Waals surface area (Å²) >= 11 is 2.60. The van der Waals surface area contributed by atoms with Crippen molar-refractivity contribution in [3.63, 3.8) is 0 Å². The summed E-state index contributed by atoms with van der Waals surface area (Å²) in [6, 6.07) is -0.129. The molecule has 0 saturated carbocycles. The van der Waals surface area contributed by atoms with Crippen molar-refractivity contribution in [1.82, 2.24) is 4.98 Å². The fourth-order valence-electron chi connectivity index (χ4n) is 1.20. The van der Waals surface area contributed by atoms with Crippen molar-refractivity contribution in [2.24, 2.45) is 0 Å². The van der Waals surface area contributed by atoms with Crippen LogP contribution in [0, 0.1) is 0 Å². The first-order chi connectivity index (χ1) is 9.25. The average molecular weight is 423 g/mol. The van der Waals surface area contributed by atoms with Crippen LogP contribution in [0.5, 0.6) is 5.75 Å². The van der Waals surface area contributed by atoms with Gasteiger partial charge in [-0.05, 0) is 6.07 Å². The molecule has 0 fully saturated rings. The molecule has 0 radical (unpaired) electrons. The molecule has 0 aliphatic rings. The molecule has 0 bridgehead atoms. The second-order valence-electron chi connectivity index (χ2n) is 3.40. The number of hydrogen-bond acceptors (Lipinski definition) is 4. The first-order valence-corrected chi connectivity index (χ1v) is 8.06. The molecule has 0 spiro atoms. The van der Waals surface area contributed by atoms with Gasteiger partial charge in [0.25, 0.3) is 9.05 Å². The summed E-state index contributed by atoms with van der Waals surface area (Å²) in [6.07, 6.45) is -10.4. The molecule has 0 aliphatic heterocycles. The highest BCUT2D eigenvalue weighted by Gasteiger charge is 2.39. The summed E-state index contributed by atoms with van der Waals surface area (Å²) in [4.78, 5) is 1.43. The van der Waals surface area contributed by atoms with Crippen molar-refractivity contribution in [2.75, 3.05) is 0 Å². The smallest absolute Gasteiger partial charge is 0.402 e. The van der Waals surface area contributed by atoms with E-state index in [1.165, 1.54) is 0 Å². The van der Waals surface area contributed by atoms with E-state index in [0.717, 1.165) is 0 Å². The minimum absolute atomic E-state index is 0.129. The topological polar surface area (TPSA) is 56.3 Å². The third kappa shape index (κ3) is 4.88. The SMILES string of the molecule is O=S(=O)(Cl)c1cc(C(F)(F)F)nc(CBr)c1OC(F)(F)F. The Morgan fingerprint density at radius 3 is 2.10 bits per heavy atom. The molecule has 0 aromatic carbocycles. The zero-order valence-corrected chi connectivity index (χ0v) is 12.5. The molecular weight excluding hydrogens is 420 g/mol. The van der Waals surface area contributed by atoms with Gasteiger partial charge in [-0.2, -0.15) is 13.2 Å². The number of aromatic nitrogens is 1. The van der Waals surface area contributed by atoms with Crippen LogP contribution in [0.4, 0.5) is 26.3 Å². The summed E-state index contributed by atoms with van der Waals surface area (Å²) in [5, 5.41) is -0.623. The van der Waals surface area contributed by atoms with Crippen molar-refractivity contribution in [3.8, 4) is 5.75 Å². The monoisotopic (exact) mass is 421 g/mol. The molecule has 0 atom stereocenters. The third-order valence-corrected chi connectivity index (χ3v) is 3.77. The molecule has 1 aromatic rings. The second kappa shape index (κ2) is 5.80. The van der Waals surface area contributed by atoms with E-state index in [0.29, 0.717) is 0 Å². The number of alkyl halides is 7. The lowest BCUT2D eigenvalue weighted by Gasteiger charge is -2.16. The minimum Gasteiger partial charge on any atom is -0.402 e. The van der Waals surface area contributed by atoms with Crippen LogP contribution in [0.3, 0.4) is 0 Å². The Morgan fingerprint density at radius 1 is 1.24 bits per heavy atom. The molecule has 1 aromatic heterocycles. The van der Waals surface area contributed by atoms with Crippen LogP contribution in [0.2, 0.25) is 0 Å². The van der Waals surface area contributed by atoms with Gasteiger partial charge in [-0.1, -0.05) is 15.9 Å². The average Bonchev–Trinajstić information content (AvgIpc) is 2.23. The quantitative estimate of drug-likeness (QED) is 0.422. The molecule has 1 heterocycles. The van der Waals surface area contributed by atoms with E-state index in [9.17, 15) is 34.8 Å². The van der Waals surface area contributed by atoms with Gasteiger partial charge in [0, 0.05) is 16.0 Å². The second-order valence-corrected chi connectivity index (χ2v) is 6.49. The van der Waals surface area contributed by atoms with Crippen LogP contribution < -0.4 is 4.74 Å². The fraction of sp³-hybridized carbons (Fsp3) is 0.375. The lowest BCUT2D eigenvalue weighted by atomic mass is 10.3. The Morgan fingerprint density at radius 2 is 1.76 bits per heavy atom. The molecule has 13 heteroatoms. The number of ether oxygens (including phenoxy) is 1. The zero-order valence-electron chi connectivity index (χ0n) is 9.39. The Bertz CT molecular complexity index is 645. The predicted molar refractivity (Wildman–Crippen MR) is 61.6 cm³/mol. The van der Waals surface area contributed by atoms with Crippen LogP contribution in [-0.2, 0) is 20.6 Å². The van der Waals surface area contributed by atoms with Crippen molar-refractivity contribution in [3.05, 3.63) is 17.5 Å². The van der Waals surface area contributed by atoms with Crippen molar-refractivity contribution >= 4 is 35.7 Å².